The van der Waals surface area contributed by atoms with E-state index in [1.165, 1.54) is 6.08 Å². The molecule has 0 aliphatic carbocycles. The Bertz CT molecular complexity index is 866. The van der Waals surface area contributed by atoms with Gasteiger partial charge in [0, 0.05) is 6.54 Å². The summed E-state index contributed by atoms with van der Waals surface area (Å²) in [7, 11) is 0. The van der Waals surface area contributed by atoms with E-state index in [1.807, 2.05) is 19.9 Å². The first kappa shape index (κ1) is 20.4. The van der Waals surface area contributed by atoms with Crippen LogP contribution in [-0.4, -0.2) is 59.9 Å². The fourth-order valence-corrected chi connectivity index (χ4v) is 3.23. The Hall–Kier alpha value is -3.36. The molecule has 0 spiro atoms. The molecule has 2 aliphatic heterocycles. The first-order valence-corrected chi connectivity index (χ1v) is 9.30. The minimum Gasteiger partial charge on any atom is -0.486 e. The Labute approximate surface area is 168 Å². The zero-order valence-electron chi connectivity index (χ0n) is 16.3. The monoisotopic (exact) mass is 401 g/mol. The number of rotatable bonds is 7. The van der Waals surface area contributed by atoms with E-state index in [4.69, 9.17) is 9.47 Å². The molecule has 1 aromatic rings. The van der Waals surface area contributed by atoms with E-state index in [1.54, 1.807) is 12.1 Å². The van der Waals surface area contributed by atoms with Crippen LogP contribution >= 0.6 is 0 Å². The smallest absolute Gasteiger partial charge is 0.335 e. The standard InChI is InChI=1S/C20H23N3O6/c1-4-7-22-18(25)19(26)23(20(22)27)11-16(24)21-17(12(2)3)13-5-6-14-15(10-13)29-9-8-28-14/h4-6,10,12,17H,1,7-9,11H2,2-3H3,(H,21,24)/t17-/m1/s1. The Balaban J connectivity index is 1.72. The zero-order chi connectivity index (χ0) is 21.1. The molecule has 5 amide bonds. The molecule has 29 heavy (non-hydrogen) atoms. The van der Waals surface area contributed by atoms with Crippen LogP contribution in [-0.2, 0) is 14.4 Å². The van der Waals surface area contributed by atoms with E-state index in [9.17, 15) is 19.2 Å². The number of carbonyl (C=O) groups is 4. The normalized spacial score (nSPS) is 17.0. The maximum Gasteiger partial charge on any atom is 0.335 e. The Morgan fingerprint density at radius 1 is 1.14 bits per heavy atom. The second-order valence-electron chi connectivity index (χ2n) is 7.07. The summed E-state index contributed by atoms with van der Waals surface area (Å²) in [6.07, 6.45) is 1.34. The molecule has 1 saturated heterocycles. The molecule has 9 heteroatoms. The van der Waals surface area contributed by atoms with Crippen molar-refractivity contribution < 1.29 is 28.7 Å². The number of nitrogens with zero attached hydrogens (tertiary/aromatic N) is 2. The molecular weight excluding hydrogens is 378 g/mol. The SMILES string of the molecule is C=CCN1C(=O)C(=O)N(CC(=O)N[C@@H](c2ccc3c(c2)OCCO3)C(C)C)C1=O. The highest BCUT2D eigenvalue weighted by atomic mass is 16.6. The Morgan fingerprint density at radius 2 is 1.79 bits per heavy atom. The van der Waals surface area contributed by atoms with Gasteiger partial charge in [0.2, 0.25) is 5.91 Å². The molecule has 1 fully saturated rings. The van der Waals surface area contributed by atoms with E-state index < -0.39 is 30.3 Å². The van der Waals surface area contributed by atoms with Crippen LogP contribution in [0.1, 0.15) is 25.5 Å². The van der Waals surface area contributed by atoms with Gasteiger partial charge in [0.15, 0.2) is 11.5 Å². The second kappa shape index (κ2) is 8.34. The fourth-order valence-electron chi connectivity index (χ4n) is 3.23. The summed E-state index contributed by atoms with van der Waals surface area (Å²) in [6.45, 7) is 7.62. The number of carbonyl (C=O) groups excluding carboxylic acids is 4. The van der Waals surface area contributed by atoms with Crippen LogP contribution in [0.25, 0.3) is 0 Å². The third-order valence-electron chi connectivity index (χ3n) is 4.66. The third kappa shape index (κ3) is 4.08. The van der Waals surface area contributed by atoms with Crippen LogP contribution in [0, 0.1) is 5.92 Å². The highest BCUT2D eigenvalue weighted by Crippen LogP contribution is 2.34. The Kier molecular flexibility index (Phi) is 5.86. The molecule has 0 saturated carbocycles. The minimum absolute atomic E-state index is 0.0189. The zero-order valence-corrected chi connectivity index (χ0v) is 16.3. The van der Waals surface area contributed by atoms with Gasteiger partial charge in [-0.2, -0.15) is 0 Å². The molecule has 1 N–H and O–H groups in total. The third-order valence-corrected chi connectivity index (χ3v) is 4.66. The highest BCUT2D eigenvalue weighted by Gasteiger charge is 2.44. The molecule has 154 valence electrons. The predicted molar refractivity (Wildman–Crippen MR) is 102 cm³/mol. The lowest BCUT2D eigenvalue weighted by Gasteiger charge is -2.26. The van der Waals surface area contributed by atoms with Crippen molar-refractivity contribution in [1.29, 1.82) is 0 Å². The van der Waals surface area contributed by atoms with Gasteiger partial charge in [0.05, 0.1) is 6.04 Å². The fraction of sp³-hybridized carbons (Fsp3) is 0.400. The van der Waals surface area contributed by atoms with E-state index in [0.717, 1.165) is 10.5 Å². The van der Waals surface area contributed by atoms with Gasteiger partial charge in [-0.25, -0.2) is 9.69 Å². The number of nitrogens with one attached hydrogen (secondary N) is 1. The molecular formula is C20H23N3O6. The van der Waals surface area contributed by atoms with Gasteiger partial charge in [0.25, 0.3) is 0 Å². The first-order chi connectivity index (χ1) is 13.8. The molecule has 1 aromatic carbocycles. The van der Waals surface area contributed by atoms with E-state index >= 15 is 0 Å². The van der Waals surface area contributed by atoms with Gasteiger partial charge in [-0.3, -0.25) is 19.3 Å². The van der Waals surface area contributed by atoms with Crippen molar-refractivity contribution in [3.8, 4) is 11.5 Å². The lowest BCUT2D eigenvalue weighted by molar-refractivity contribution is -0.143. The van der Waals surface area contributed by atoms with Crippen molar-refractivity contribution in [3.05, 3.63) is 36.4 Å². The van der Waals surface area contributed by atoms with Gasteiger partial charge in [-0.05, 0) is 23.6 Å². The van der Waals surface area contributed by atoms with Crippen LogP contribution in [0.2, 0.25) is 0 Å². The van der Waals surface area contributed by atoms with Crippen LogP contribution in [0.5, 0.6) is 11.5 Å². The van der Waals surface area contributed by atoms with E-state index in [-0.39, 0.29) is 18.5 Å². The van der Waals surface area contributed by atoms with Crippen molar-refractivity contribution in [2.75, 3.05) is 26.3 Å². The van der Waals surface area contributed by atoms with Gasteiger partial charge in [0.1, 0.15) is 19.8 Å². The average Bonchev–Trinajstić information content (AvgIpc) is 2.90. The molecule has 0 unspecified atom stereocenters. The quantitative estimate of drug-likeness (QED) is 0.419. The highest BCUT2D eigenvalue weighted by molar-refractivity contribution is 6.45. The molecule has 2 aliphatic rings. The van der Waals surface area contributed by atoms with Gasteiger partial charge in [-0.1, -0.05) is 26.0 Å². The number of imide groups is 2. The van der Waals surface area contributed by atoms with Crippen molar-refractivity contribution in [3.63, 3.8) is 0 Å². The number of urea groups is 1. The summed E-state index contributed by atoms with van der Waals surface area (Å²) in [5, 5.41) is 2.84. The number of fused-ring (bicyclic) bond motifs is 1. The van der Waals surface area contributed by atoms with Crippen LogP contribution in [0.15, 0.2) is 30.9 Å². The van der Waals surface area contributed by atoms with Gasteiger partial charge in [-0.15, -0.1) is 6.58 Å². The van der Waals surface area contributed by atoms with Crippen molar-refractivity contribution in [2.24, 2.45) is 5.92 Å². The second-order valence-corrected chi connectivity index (χ2v) is 7.07. The predicted octanol–water partition coefficient (Wildman–Crippen LogP) is 1.25. The van der Waals surface area contributed by atoms with Crippen LogP contribution in [0.3, 0.4) is 0 Å². The lowest BCUT2D eigenvalue weighted by Crippen LogP contribution is -2.43. The largest absolute Gasteiger partial charge is 0.486 e. The first-order valence-electron chi connectivity index (χ1n) is 9.30. The van der Waals surface area contributed by atoms with Gasteiger partial charge < -0.3 is 14.8 Å². The van der Waals surface area contributed by atoms with Gasteiger partial charge >= 0.3 is 17.8 Å². The maximum atomic E-state index is 12.6. The summed E-state index contributed by atoms with van der Waals surface area (Å²) < 4.78 is 11.1. The summed E-state index contributed by atoms with van der Waals surface area (Å²) in [6, 6.07) is 4.22. The van der Waals surface area contributed by atoms with E-state index in [2.05, 4.69) is 11.9 Å². The number of benzene rings is 1. The summed E-state index contributed by atoms with van der Waals surface area (Å²) in [4.78, 5) is 50.2. The molecule has 1 atom stereocenters. The average molecular weight is 401 g/mol. The minimum atomic E-state index is -1.02. The number of hydrogen-bond donors (Lipinski definition) is 1. The number of hydrogen-bond acceptors (Lipinski definition) is 6. The van der Waals surface area contributed by atoms with Crippen LogP contribution < -0.4 is 14.8 Å². The number of ether oxygens (including phenoxy) is 2. The van der Waals surface area contributed by atoms with E-state index in [0.29, 0.717) is 29.6 Å². The molecule has 0 bridgehead atoms. The molecule has 0 radical (unpaired) electrons. The summed E-state index contributed by atoms with van der Waals surface area (Å²) >= 11 is 0. The van der Waals surface area contributed by atoms with Crippen LogP contribution in [0.4, 0.5) is 4.79 Å². The van der Waals surface area contributed by atoms with Crippen molar-refractivity contribution in [1.82, 2.24) is 15.1 Å². The maximum absolute atomic E-state index is 12.6. The summed E-state index contributed by atoms with van der Waals surface area (Å²) in [5.41, 5.74) is 0.807. The molecule has 0 aromatic heterocycles. The lowest BCUT2D eigenvalue weighted by atomic mass is 9.95. The Morgan fingerprint density at radius 3 is 2.45 bits per heavy atom. The summed E-state index contributed by atoms with van der Waals surface area (Å²) in [5.74, 6) is -1.27. The topological polar surface area (TPSA) is 105 Å². The molecule has 9 nitrogen and oxygen atoms in total. The van der Waals surface area contributed by atoms with Crippen molar-refractivity contribution in [2.45, 2.75) is 19.9 Å². The molecule has 3 rings (SSSR count). The molecule has 2 heterocycles. The number of amides is 5. The van der Waals surface area contributed by atoms with Crippen molar-refractivity contribution >= 4 is 23.8 Å².